The zero-order valence-corrected chi connectivity index (χ0v) is 20.3. The van der Waals surface area contributed by atoms with Crippen LogP contribution in [0.15, 0.2) is 72.8 Å². The second kappa shape index (κ2) is 11.2. The van der Waals surface area contributed by atoms with Gasteiger partial charge in [-0.05, 0) is 24.3 Å². The number of benzene rings is 3. The Kier molecular flexibility index (Phi) is 7.65. The van der Waals surface area contributed by atoms with Crippen molar-refractivity contribution >= 4 is 22.7 Å². The third-order valence-corrected chi connectivity index (χ3v) is 5.65. The molecule has 36 heavy (non-hydrogen) atoms. The third kappa shape index (κ3) is 5.22. The van der Waals surface area contributed by atoms with Gasteiger partial charge >= 0.3 is 0 Å². The van der Waals surface area contributed by atoms with E-state index in [-0.39, 0.29) is 24.9 Å². The van der Waals surface area contributed by atoms with Crippen LogP contribution in [-0.2, 0) is 0 Å². The van der Waals surface area contributed by atoms with Gasteiger partial charge in [0, 0.05) is 29.6 Å². The van der Waals surface area contributed by atoms with E-state index in [0.717, 1.165) is 22.2 Å². The summed E-state index contributed by atoms with van der Waals surface area (Å²) in [5, 5.41) is 6.45. The van der Waals surface area contributed by atoms with E-state index in [4.69, 9.17) is 19.2 Å². The number of fused-ring (bicyclic) bond motifs is 1. The smallest absolute Gasteiger partial charge is 0.252 e. The van der Waals surface area contributed by atoms with E-state index >= 15 is 0 Å². The number of hydrogen-bond donors (Lipinski definition) is 2. The Morgan fingerprint density at radius 3 is 2.00 bits per heavy atom. The molecule has 0 aliphatic carbocycles. The lowest BCUT2D eigenvalue weighted by Gasteiger charge is -2.14. The monoisotopic (exact) mass is 485 g/mol. The number of hydrogen-bond acceptors (Lipinski definition) is 6. The fourth-order valence-electron chi connectivity index (χ4n) is 3.88. The van der Waals surface area contributed by atoms with Crippen LogP contribution in [0.25, 0.3) is 22.2 Å². The number of nitrogens with one attached hydrogen (secondary N) is 2. The Labute approximate surface area is 209 Å². The number of nitrogens with zero attached hydrogens (tertiary/aromatic N) is 1. The minimum Gasteiger partial charge on any atom is -0.493 e. The molecule has 0 saturated carbocycles. The number of para-hydroxylation sites is 1. The third-order valence-electron chi connectivity index (χ3n) is 5.65. The molecule has 1 aromatic heterocycles. The van der Waals surface area contributed by atoms with Crippen molar-refractivity contribution in [2.24, 2.45) is 0 Å². The molecule has 0 spiro atoms. The molecule has 3 aromatic carbocycles. The van der Waals surface area contributed by atoms with Crippen LogP contribution in [0, 0.1) is 0 Å². The van der Waals surface area contributed by atoms with Gasteiger partial charge in [-0.1, -0.05) is 48.5 Å². The zero-order valence-electron chi connectivity index (χ0n) is 20.3. The van der Waals surface area contributed by atoms with E-state index in [1.807, 2.05) is 54.6 Å². The van der Waals surface area contributed by atoms with Crippen molar-refractivity contribution in [3.05, 3.63) is 83.9 Å². The molecule has 4 aromatic rings. The normalized spacial score (nSPS) is 10.5. The summed E-state index contributed by atoms with van der Waals surface area (Å²) in [6.07, 6.45) is 0. The van der Waals surface area contributed by atoms with Gasteiger partial charge < -0.3 is 24.8 Å². The van der Waals surface area contributed by atoms with Crippen LogP contribution in [0.4, 0.5) is 0 Å². The second-order valence-electron chi connectivity index (χ2n) is 7.86. The first-order chi connectivity index (χ1) is 17.5. The molecule has 0 fully saturated rings. The molecule has 184 valence electrons. The Hall–Kier alpha value is -4.59. The van der Waals surface area contributed by atoms with E-state index in [9.17, 15) is 9.59 Å². The number of amides is 2. The molecule has 0 aliphatic rings. The van der Waals surface area contributed by atoms with Gasteiger partial charge in [-0.15, -0.1) is 0 Å². The van der Waals surface area contributed by atoms with Gasteiger partial charge in [0.05, 0.1) is 38.1 Å². The van der Waals surface area contributed by atoms with Crippen molar-refractivity contribution in [1.82, 2.24) is 15.6 Å². The first-order valence-electron chi connectivity index (χ1n) is 11.4. The molecular formula is C28H27N3O5. The van der Waals surface area contributed by atoms with Gasteiger partial charge in [0.1, 0.15) is 0 Å². The standard InChI is InChI=1S/C28H27N3O5/c1-34-24-15-19(16-25(35-2)26(24)36-3)27(32)29-13-14-30-28(33)21-17-23(18-9-5-4-6-10-18)31-22-12-8-7-11-20(21)22/h4-12,15-17H,13-14H2,1-3H3,(H,29,32)(H,30,33). The van der Waals surface area contributed by atoms with Gasteiger partial charge in [0.2, 0.25) is 5.75 Å². The van der Waals surface area contributed by atoms with Crippen molar-refractivity contribution in [3.63, 3.8) is 0 Å². The summed E-state index contributed by atoms with van der Waals surface area (Å²) < 4.78 is 15.9. The van der Waals surface area contributed by atoms with Crippen molar-refractivity contribution < 1.29 is 23.8 Å². The van der Waals surface area contributed by atoms with Crippen molar-refractivity contribution in [2.45, 2.75) is 0 Å². The van der Waals surface area contributed by atoms with Gasteiger partial charge in [0.15, 0.2) is 11.5 Å². The predicted molar refractivity (Wildman–Crippen MR) is 138 cm³/mol. The van der Waals surface area contributed by atoms with Crippen molar-refractivity contribution in [3.8, 4) is 28.5 Å². The van der Waals surface area contributed by atoms with Gasteiger partial charge in [-0.2, -0.15) is 0 Å². The van der Waals surface area contributed by atoms with Crippen molar-refractivity contribution in [1.29, 1.82) is 0 Å². The molecule has 0 radical (unpaired) electrons. The predicted octanol–water partition coefficient (Wildman–Crippen LogP) is 4.09. The zero-order chi connectivity index (χ0) is 25.5. The minimum absolute atomic E-state index is 0.232. The van der Waals surface area contributed by atoms with Crippen LogP contribution < -0.4 is 24.8 Å². The molecule has 2 amide bonds. The lowest BCUT2D eigenvalue weighted by Crippen LogP contribution is -2.34. The molecular weight excluding hydrogens is 458 g/mol. The van der Waals surface area contributed by atoms with E-state index in [1.54, 1.807) is 18.2 Å². The maximum absolute atomic E-state index is 13.1. The Morgan fingerprint density at radius 2 is 1.36 bits per heavy atom. The molecule has 0 saturated heterocycles. The summed E-state index contributed by atoms with van der Waals surface area (Å²) in [4.78, 5) is 30.5. The Morgan fingerprint density at radius 1 is 0.750 bits per heavy atom. The summed E-state index contributed by atoms with van der Waals surface area (Å²) in [6, 6.07) is 22.2. The lowest BCUT2D eigenvalue weighted by molar-refractivity contribution is 0.0928. The Balaban J connectivity index is 1.45. The lowest BCUT2D eigenvalue weighted by atomic mass is 10.0. The quantitative estimate of drug-likeness (QED) is 0.347. The van der Waals surface area contributed by atoms with E-state index in [1.165, 1.54) is 21.3 Å². The highest BCUT2D eigenvalue weighted by Gasteiger charge is 2.17. The number of methoxy groups -OCH3 is 3. The number of carbonyl (C=O) groups excluding carboxylic acids is 2. The highest BCUT2D eigenvalue weighted by molar-refractivity contribution is 6.07. The molecule has 8 nitrogen and oxygen atoms in total. The average molecular weight is 486 g/mol. The second-order valence-corrected chi connectivity index (χ2v) is 7.86. The summed E-state index contributed by atoms with van der Waals surface area (Å²) in [5.74, 6) is 0.600. The van der Waals surface area contributed by atoms with E-state index in [2.05, 4.69) is 10.6 Å². The number of carbonyl (C=O) groups is 2. The number of pyridine rings is 1. The van der Waals surface area contributed by atoms with Crippen LogP contribution in [0.1, 0.15) is 20.7 Å². The summed E-state index contributed by atoms with van der Waals surface area (Å²) in [5.41, 5.74) is 3.25. The molecule has 0 atom stereocenters. The topological polar surface area (TPSA) is 98.8 Å². The highest BCUT2D eigenvalue weighted by Crippen LogP contribution is 2.38. The average Bonchev–Trinajstić information content (AvgIpc) is 2.93. The van der Waals surface area contributed by atoms with Crippen LogP contribution in [0.2, 0.25) is 0 Å². The molecule has 1 heterocycles. The summed E-state index contributed by atoms with van der Waals surface area (Å²) in [7, 11) is 4.47. The first kappa shape index (κ1) is 24.5. The van der Waals surface area contributed by atoms with Gasteiger partial charge in [-0.25, -0.2) is 4.98 Å². The maximum Gasteiger partial charge on any atom is 0.252 e. The molecule has 2 N–H and O–H groups in total. The molecule has 4 rings (SSSR count). The summed E-state index contributed by atoms with van der Waals surface area (Å²) in [6.45, 7) is 0.474. The van der Waals surface area contributed by atoms with E-state index < -0.39 is 0 Å². The fourth-order valence-corrected chi connectivity index (χ4v) is 3.88. The van der Waals surface area contributed by atoms with Crippen molar-refractivity contribution in [2.75, 3.05) is 34.4 Å². The fraction of sp³-hybridized carbons (Fsp3) is 0.179. The van der Waals surface area contributed by atoms with Crippen LogP contribution in [0.5, 0.6) is 17.2 Å². The number of aromatic nitrogens is 1. The van der Waals surface area contributed by atoms with Crippen LogP contribution >= 0.6 is 0 Å². The molecule has 0 bridgehead atoms. The van der Waals surface area contributed by atoms with Crippen LogP contribution in [0.3, 0.4) is 0 Å². The first-order valence-corrected chi connectivity index (χ1v) is 11.4. The molecule has 0 unspecified atom stereocenters. The van der Waals surface area contributed by atoms with Crippen LogP contribution in [-0.4, -0.2) is 51.2 Å². The number of ether oxygens (including phenoxy) is 3. The summed E-state index contributed by atoms with van der Waals surface area (Å²) >= 11 is 0. The Bertz CT molecular complexity index is 1360. The molecule has 0 aliphatic heterocycles. The SMILES string of the molecule is COc1cc(C(=O)NCCNC(=O)c2cc(-c3ccccc3)nc3ccccc23)cc(OC)c1OC. The van der Waals surface area contributed by atoms with Gasteiger partial charge in [-0.3, -0.25) is 9.59 Å². The largest absolute Gasteiger partial charge is 0.493 e. The number of rotatable bonds is 9. The molecule has 8 heteroatoms. The highest BCUT2D eigenvalue weighted by atomic mass is 16.5. The minimum atomic E-state index is -0.329. The van der Waals surface area contributed by atoms with E-state index in [0.29, 0.717) is 28.4 Å². The maximum atomic E-state index is 13.1. The van der Waals surface area contributed by atoms with Gasteiger partial charge in [0.25, 0.3) is 11.8 Å².